The molecule has 0 amide bonds. The molecular weight excluding hydrogens is 153 g/mol. The van der Waals surface area contributed by atoms with Gasteiger partial charge in [-0.3, -0.25) is 0 Å². The third-order valence-electron chi connectivity index (χ3n) is 1.01. The molecule has 4 nitrogen and oxygen atoms in total. The number of hydrogen-bond donors (Lipinski definition) is 0. The molecule has 0 saturated carbocycles. The first-order chi connectivity index (χ1) is 4.74. The molecule has 0 saturated heterocycles. The minimum Gasteiger partial charge on any atom is -0.306 e. The SMILES string of the molecule is CCN=P(OC)(OC)OC. The van der Waals surface area contributed by atoms with E-state index < -0.39 is 7.74 Å². The highest BCUT2D eigenvalue weighted by atomic mass is 31.2. The molecule has 0 heterocycles. The van der Waals surface area contributed by atoms with E-state index in [1.165, 1.54) is 21.3 Å². The first-order valence-corrected chi connectivity index (χ1v) is 4.49. The Hall–Kier alpha value is 0.110. The Kier molecular flexibility index (Phi) is 4.91. The summed E-state index contributed by atoms with van der Waals surface area (Å²) in [5.41, 5.74) is 0. The molecule has 0 aromatic rings. The molecule has 10 heavy (non-hydrogen) atoms. The largest absolute Gasteiger partial charge is 0.354 e. The van der Waals surface area contributed by atoms with E-state index in [9.17, 15) is 0 Å². The van der Waals surface area contributed by atoms with Crippen molar-refractivity contribution in [1.82, 2.24) is 0 Å². The Labute approximate surface area is 61.8 Å². The van der Waals surface area contributed by atoms with E-state index in [4.69, 9.17) is 13.6 Å². The molecular formula is C5H14NO3P. The van der Waals surface area contributed by atoms with Crippen LogP contribution in [0, 0.1) is 0 Å². The fourth-order valence-electron chi connectivity index (χ4n) is 0.570. The summed E-state index contributed by atoms with van der Waals surface area (Å²) in [5, 5.41) is 0. The van der Waals surface area contributed by atoms with E-state index in [0.29, 0.717) is 6.54 Å². The summed E-state index contributed by atoms with van der Waals surface area (Å²) in [6.45, 7) is 2.55. The van der Waals surface area contributed by atoms with Crippen LogP contribution in [0.15, 0.2) is 4.74 Å². The average molecular weight is 167 g/mol. The van der Waals surface area contributed by atoms with Gasteiger partial charge >= 0.3 is 7.74 Å². The fourth-order valence-corrected chi connectivity index (χ4v) is 1.71. The minimum absolute atomic E-state index is 0.642. The zero-order valence-electron chi connectivity index (χ0n) is 6.83. The van der Waals surface area contributed by atoms with Gasteiger partial charge in [0.05, 0.1) is 0 Å². The van der Waals surface area contributed by atoms with Gasteiger partial charge < -0.3 is 13.6 Å². The van der Waals surface area contributed by atoms with Crippen LogP contribution in [-0.4, -0.2) is 27.9 Å². The van der Waals surface area contributed by atoms with Crippen molar-refractivity contribution in [1.29, 1.82) is 0 Å². The van der Waals surface area contributed by atoms with E-state index in [-0.39, 0.29) is 0 Å². The van der Waals surface area contributed by atoms with E-state index >= 15 is 0 Å². The van der Waals surface area contributed by atoms with Crippen molar-refractivity contribution in [3.8, 4) is 0 Å². The molecule has 0 aliphatic carbocycles. The molecule has 0 aliphatic heterocycles. The lowest BCUT2D eigenvalue weighted by molar-refractivity contribution is 0.223. The predicted octanol–water partition coefficient (Wildman–Crippen LogP) is 1.89. The van der Waals surface area contributed by atoms with Gasteiger partial charge in [0.1, 0.15) is 0 Å². The summed E-state index contributed by atoms with van der Waals surface area (Å²) in [7, 11) is 2.27. The van der Waals surface area contributed by atoms with Gasteiger partial charge in [0.25, 0.3) is 0 Å². The van der Waals surface area contributed by atoms with Gasteiger partial charge in [-0.25, -0.2) is 4.74 Å². The van der Waals surface area contributed by atoms with Crippen molar-refractivity contribution in [3.63, 3.8) is 0 Å². The number of nitrogens with zero attached hydrogens (tertiary/aromatic N) is 1. The van der Waals surface area contributed by atoms with Crippen molar-refractivity contribution in [2.24, 2.45) is 4.74 Å². The molecule has 0 unspecified atom stereocenters. The normalized spacial score (nSPS) is 11.6. The quantitative estimate of drug-likeness (QED) is 0.600. The predicted molar refractivity (Wildman–Crippen MR) is 40.9 cm³/mol. The van der Waals surface area contributed by atoms with Crippen LogP contribution in [0.1, 0.15) is 6.92 Å². The summed E-state index contributed by atoms with van der Waals surface area (Å²) in [6.07, 6.45) is 0. The van der Waals surface area contributed by atoms with Crippen molar-refractivity contribution in [2.45, 2.75) is 6.92 Å². The van der Waals surface area contributed by atoms with Crippen LogP contribution < -0.4 is 0 Å². The standard InChI is InChI=1S/C5H14NO3P/c1-5-6-10(7-2,8-3)9-4/h5H2,1-4H3. The fraction of sp³-hybridized carbons (Fsp3) is 1.00. The highest BCUT2D eigenvalue weighted by molar-refractivity contribution is 7.51. The topological polar surface area (TPSA) is 40.0 Å². The van der Waals surface area contributed by atoms with E-state index in [1.54, 1.807) is 0 Å². The number of hydrogen-bond acceptors (Lipinski definition) is 4. The van der Waals surface area contributed by atoms with Gasteiger partial charge in [-0.1, -0.05) is 0 Å². The van der Waals surface area contributed by atoms with Crippen LogP contribution in [0.25, 0.3) is 0 Å². The molecule has 0 N–H and O–H groups in total. The van der Waals surface area contributed by atoms with Gasteiger partial charge in [-0.15, -0.1) is 0 Å². The molecule has 0 rings (SSSR count). The molecule has 0 spiro atoms. The Morgan fingerprint density at radius 2 is 1.50 bits per heavy atom. The second-order valence-electron chi connectivity index (χ2n) is 1.47. The second kappa shape index (κ2) is 4.85. The summed E-state index contributed by atoms with van der Waals surface area (Å²) >= 11 is 0. The lowest BCUT2D eigenvalue weighted by atomic mass is 10.8. The molecule has 0 bridgehead atoms. The van der Waals surface area contributed by atoms with Crippen molar-refractivity contribution in [3.05, 3.63) is 0 Å². The minimum atomic E-state index is -2.31. The summed E-state index contributed by atoms with van der Waals surface area (Å²) in [5.74, 6) is 0. The Balaban J connectivity index is 4.30. The zero-order chi connectivity index (χ0) is 8.04. The first-order valence-electron chi connectivity index (χ1n) is 3.00. The molecule has 0 aromatic carbocycles. The summed E-state index contributed by atoms with van der Waals surface area (Å²) < 4.78 is 19.0. The first kappa shape index (κ1) is 10.1. The average Bonchev–Trinajstić information content (AvgIpc) is 2.01. The van der Waals surface area contributed by atoms with Crippen molar-refractivity contribution in [2.75, 3.05) is 27.9 Å². The van der Waals surface area contributed by atoms with Crippen LogP contribution in [0.3, 0.4) is 0 Å². The van der Waals surface area contributed by atoms with E-state index in [2.05, 4.69) is 4.74 Å². The Morgan fingerprint density at radius 1 is 1.10 bits per heavy atom. The van der Waals surface area contributed by atoms with Gasteiger partial charge in [0.2, 0.25) is 0 Å². The lowest BCUT2D eigenvalue weighted by Gasteiger charge is -2.16. The molecule has 62 valence electrons. The lowest BCUT2D eigenvalue weighted by Crippen LogP contribution is -1.91. The summed E-state index contributed by atoms with van der Waals surface area (Å²) in [6, 6.07) is 0. The number of rotatable bonds is 4. The Morgan fingerprint density at radius 3 is 1.60 bits per heavy atom. The second-order valence-corrected chi connectivity index (χ2v) is 3.79. The van der Waals surface area contributed by atoms with Crippen LogP contribution >= 0.6 is 7.74 Å². The van der Waals surface area contributed by atoms with Crippen LogP contribution in [-0.2, 0) is 13.6 Å². The van der Waals surface area contributed by atoms with Crippen molar-refractivity contribution < 1.29 is 13.6 Å². The molecule has 0 fully saturated rings. The highest BCUT2D eigenvalue weighted by Crippen LogP contribution is 2.50. The van der Waals surface area contributed by atoms with Crippen LogP contribution in [0.2, 0.25) is 0 Å². The summed E-state index contributed by atoms with van der Waals surface area (Å²) in [4.78, 5) is 0. The molecule has 0 radical (unpaired) electrons. The third-order valence-corrected chi connectivity index (χ3v) is 3.02. The van der Waals surface area contributed by atoms with E-state index in [1.807, 2.05) is 6.92 Å². The monoisotopic (exact) mass is 167 g/mol. The maximum atomic E-state index is 4.98. The van der Waals surface area contributed by atoms with Gasteiger partial charge in [-0.2, -0.15) is 0 Å². The van der Waals surface area contributed by atoms with Crippen molar-refractivity contribution >= 4 is 7.74 Å². The van der Waals surface area contributed by atoms with Gasteiger partial charge in [-0.05, 0) is 6.92 Å². The smallest absolute Gasteiger partial charge is 0.306 e. The maximum Gasteiger partial charge on any atom is 0.354 e. The molecule has 0 atom stereocenters. The molecule has 0 aromatic heterocycles. The highest BCUT2D eigenvalue weighted by Gasteiger charge is 2.15. The molecule has 5 heteroatoms. The Bertz CT molecular complexity index is 118. The zero-order valence-corrected chi connectivity index (χ0v) is 7.72. The van der Waals surface area contributed by atoms with E-state index in [0.717, 1.165) is 0 Å². The van der Waals surface area contributed by atoms with Gasteiger partial charge in [0.15, 0.2) is 0 Å². The molecule has 0 aliphatic rings. The van der Waals surface area contributed by atoms with Crippen LogP contribution in [0.4, 0.5) is 0 Å². The van der Waals surface area contributed by atoms with Gasteiger partial charge in [0, 0.05) is 27.9 Å². The third kappa shape index (κ3) is 2.39. The maximum absolute atomic E-state index is 4.98. The van der Waals surface area contributed by atoms with Crippen LogP contribution in [0.5, 0.6) is 0 Å².